The monoisotopic (exact) mass is 288 g/mol. The second-order valence-corrected chi connectivity index (χ2v) is 4.62. The van der Waals surface area contributed by atoms with Crippen LogP contribution in [0.25, 0.3) is 6.08 Å². The molecule has 0 atom stereocenters. The SMILES string of the molecule is C=C(C)COCCNC(=O)/C=C/c1ccc(C(N)=O)cc1. The lowest BCUT2D eigenvalue weighted by molar-refractivity contribution is -0.116. The molecule has 1 aromatic rings. The van der Waals surface area contributed by atoms with Crippen LogP contribution in [0.5, 0.6) is 0 Å². The number of hydrogen-bond donors (Lipinski definition) is 2. The van der Waals surface area contributed by atoms with E-state index >= 15 is 0 Å². The Hall–Kier alpha value is -2.40. The zero-order valence-electron chi connectivity index (χ0n) is 12.1. The highest BCUT2D eigenvalue weighted by Crippen LogP contribution is 2.05. The molecule has 1 rings (SSSR count). The molecule has 0 unspecified atom stereocenters. The maximum absolute atomic E-state index is 11.5. The molecule has 5 nitrogen and oxygen atoms in total. The molecular formula is C16H20N2O3. The van der Waals surface area contributed by atoms with Crippen molar-refractivity contribution in [3.05, 3.63) is 53.6 Å². The normalized spacial score (nSPS) is 10.5. The number of rotatable bonds is 8. The fraction of sp³-hybridized carbons (Fsp3) is 0.250. The number of nitrogens with one attached hydrogen (secondary N) is 1. The Kier molecular flexibility index (Phi) is 6.91. The van der Waals surface area contributed by atoms with Crippen molar-refractivity contribution < 1.29 is 14.3 Å². The highest BCUT2D eigenvalue weighted by molar-refractivity contribution is 5.94. The number of amides is 2. The summed E-state index contributed by atoms with van der Waals surface area (Å²) in [5.74, 6) is -0.675. The van der Waals surface area contributed by atoms with Gasteiger partial charge in [-0.3, -0.25) is 9.59 Å². The minimum Gasteiger partial charge on any atom is -0.375 e. The summed E-state index contributed by atoms with van der Waals surface area (Å²) in [4.78, 5) is 22.5. The predicted molar refractivity (Wildman–Crippen MR) is 82.6 cm³/mol. The van der Waals surface area contributed by atoms with E-state index in [1.165, 1.54) is 6.08 Å². The second-order valence-electron chi connectivity index (χ2n) is 4.62. The molecule has 0 heterocycles. The van der Waals surface area contributed by atoms with Gasteiger partial charge < -0.3 is 15.8 Å². The van der Waals surface area contributed by atoms with E-state index in [0.717, 1.165) is 11.1 Å². The van der Waals surface area contributed by atoms with Crippen molar-refractivity contribution in [2.24, 2.45) is 5.73 Å². The van der Waals surface area contributed by atoms with Crippen molar-refractivity contribution in [1.29, 1.82) is 0 Å². The molecule has 21 heavy (non-hydrogen) atoms. The predicted octanol–water partition coefficient (Wildman–Crippen LogP) is 1.51. The van der Waals surface area contributed by atoms with Gasteiger partial charge >= 0.3 is 0 Å². The summed E-state index contributed by atoms with van der Waals surface area (Å²) in [5, 5.41) is 2.70. The highest BCUT2D eigenvalue weighted by Gasteiger charge is 1.99. The van der Waals surface area contributed by atoms with Crippen LogP contribution in [0.1, 0.15) is 22.8 Å². The molecule has 0 spiro atoms. The third-order valence-corrected chi connectivity index (χ3v) is 2.52. The van der Waals surface area contributed by atoms with Gasteiger partial charge in [0, 0.05) is 18.2 Å². The molecule has 5 heteroatoms. The zero-order chi connectivity index (χ0) is 15.7. The first-order valence-corrected chi connectivity index (χ1v) is 6.57. The van der Waals surface area contributed by atoms with E-state index in [9.17, 15) is 9.59 Å². The van der Waals surface area contributed by atoms with Crippen LogP contribution in [0.2, 0.25) is 0 Å². The van der Waals surface area contributed by atoms with E-state index in [4.69, 9.17) is 10.5 Å². The fourth-order valence-electron chi connectivity index (χ4n) is 1.48. The average molecular weight is 288 g/mol. The summed E-state index contributed by atoms with van der Waals surface area (Å²) in [5.41, 5.74) is 7.34. The Morgan fingerprint density at radius 1 is 1.33 bits per heavy atom. The fourth-order valence-corrected chi connectivity index (χ4v) is 1.48. The maximum atomic E-state index is 11.5. The van der Waals surface area contributed by atoms with Gasteiger partial charge in [0.05, 0.1) is 13.2 Å². The Morgan fingerprint density at radius 2 is 2.00 bits per heavy atom. The van der Waals surface area contributed by atoms with Crippen molar-refractivity contribution in [2.75, 3.05) is 19.8 Å². The number of nitrogens with two attached hydrogens (primary N) is 1. The topological polar surface area (TPSA) is 81.4 Å². The van der Waals surface area contributed by atoms with Crippen molar-refractivity contribution in [3.63, 3.8) is 0 Å². The molecule has 112 valence electrons. The van der Waals surface area contributed by atoms with Gasteiger partial charge in [-0.2, -0.15) is 0 Å². The minimum atomic E-state index is -0.474. The molecule has 0 saturated heterocycles. The molecule has 0 aromatic heterocycles. The molecule has 0 radical (unpaired) electrons. The number of primary amides is 1. The molecule has 0 fully saturated rings. The van der Waals surface area contributed by atoms with Crippen LogP contribution in [-0.2, 0) is 9.53 Å². The van der Waals surface area contributed by atoms with Crippen molar-refractivity contribution in [3.8, 4) is 0 Å². The van der Waals surface area contributed by atoms with Crippen molar-refractivity contribution in [2.45, 2.75) is 6.92 Å². The minimum absolute atomic E-state index is 0.201. The zero-order valence-corrected chi connectivity index (χ0v) is 12.1. The first kappa shape index (κ1) is 16.7. The van der Waals surface area contributed by atoms with Gasteiger partial charge in [-0.05, 0) is 30.7 Å². The Balaban J connectivity index is 2.33. The number of hydrogen-bond acceptors (Lipinski definition) is 3. The van der Waals surface area contributed by atoms with Crippen molar-refractivity contribution in [1.82, 2.24) is 5.32 Å². The highest BCUT2D eigenvalue weighted by atomic mass is 16.5. The molecule has 0 aliphatic rings. The average Bonchev–Trinajstić information content (AvgIpc) is 2.44. The van der Waals surface area contributed by atoms with Crippen LogP contribution < -0.4 is 11.1 Å². The lowest BCUT2D eigenvalue weighted by atomic mass is 10.1. The second kappa shape index (κ2) is 8.71. The van der Waals surface area contributed by atoms with E-state index in [2.05, 4.69) is 11.9 Å². The van der Waals surface area contributed by atoms with E-state index < -0.39 is 5.91 Å². The van der Waals surface area contributed by atoms with Crippen LogP contribution in [0.4, 0.5) is 0 Å². The number of carbonyl (C=O) groups excluding carboxylic acids is 2. The first-order chi connectivity index (χ1) is 9.99. The van der Waals surface area contributed by atoms with Crippen molar-refractivity contribution >= 4 is 17.9 Å². The first-order valence-electron chi connectivity index (χ1n) is 6.57. The summed E-state index contributed by atoms with van der Waals surface area (Å²) < 4.78 is 5.26. The van der Waals surface area contributed by atoms with Gasteiger partial charge in [-0.1, -0.05) is 24.3 Å². The largest absolute Gasteiger partial charge is 0.375 e. The smallest absolute Gasteiger partial charge is 0.248 e. The Labute approximate surface area is 124 Å². The van der Waals surface area contributed by atoms with Gasteiger partial charge in [0.1, 0.15) is 0 Å². The van der Waals surface area contributed by atoms with Crippen LogP contribution in [0, 0.1) is 0 Å². The molecule has 0 bridgehead atoms. The summed E-state index contributed by atoms with van der Waals surface area (Å²) in [7, 11) is 0. The van der Waals surface area contributed by atoms with Crippen LogP contribution >= 0.6 is 0 Å². The van der Waals surface area contributed by atoms with Crippen LogP contribution in [0.15, 0.2) is 42.5 Å². The number of carbonyl (C=O) groups is 2. The molecular weight excluding hydrogens is 268 g/mol. The third kappa shape index (κ3) is 7.08. The van der Waals surface area contributed by atoms with E-state index in [-0.39, 0.29) is 5.91 Å². The summed E-state index contributed by atoms with van der Waals surface area (Å²) >= 11 is 0. The molecule has 0 aliphatic carbocycles. The summed E-state index contributed by atoms with van der Waals surface area (Å²) in [6, 6.07) is 6.68. The molecule has 0 saturated carbocycles. The summed E-state index contributed by atoms with van der Waals surface area (Å²) in [6.45, 7) is 6.98. The number of ether oxygens (including phenoxy) is 1. The van der Waals surface area contributed by atoms with Crippen LogP contribution in [0.3, 0.4) is 0 Å². The van der Waals surface area contributed by atoms with Gasteiger partial charge in [-0.15, -0.1) is 0 Å². The molecule has 3 N–H and O–H groups in total. The lowest BCUT2D eigenvalue weighted by Gasteiger charge is -2.04. The van der Waals surface area contributed by atoms with E-state index in [0.29, 0.717) is 25.3 Å². The maximum Gasteiger partial charge on any atom is 0.248 e. The molecule has 0 aliphatic heterocycles. The quantitative estimate of drug-likeness (QED) is 0.432. The lowest BCUT2D eigenvalue weighted by Crippen LogP contribution is -2.25. The van der Waals surface area contributed by atoms with E-state index in [1.54, 1.807) is 30.3 Å². The molecule has 2 amide bonds. The Bertz CT molecular complexity index is 533. The van der Waals surface area contributed by atoms with Crippen LogP contribution in [-0.4, -0.2) is 31.6 Å². The molecule has 1 aromatic carbocycles. The third-order valence-electron chi connectivity index (χ3n) is 2.52. The van der Waals surface area contributed by atoms with Gasteiger partial charge in [-0.25, -0.2) is 0 Å². The van der Waals surface area contributed by atoms with Gasteiger partial charge in [0.2, 0.25) is 11.8 Å². The van der Waals surface area contributed by atoms with Gasteiger partial charge in [0.25, 0.3) is 0 Å². The standard InChI is InChI=1S/C16H20N2O3/c1-12(2)11-21-10-9-18-15(19)8-5-13-3-6-14(7-4-13)16(17)20/h3-8H,1,9-11H2,2H3,(H2,17,20)(H,18,19)/b8-5+. The van der Waals surface area contributed by atoms with E-state index in [1.807, 2.05) is 6.92 Å². The Morgan fingerprint density at radius 3 is 2.57 bits per heavy atom. The van der Waals surface area contributed by atoms with Gasteiger partial charge in [0.15, 0.2) is 0 Å². The summed E-state index contributed by atoms with van der Waals surface area (Å²) in [6.07, 6.45) is 3.09. The number of benzene rings is 1.